The van der Waals surface area contributed by atoms with E-state index in [9.17, 15) is 23.6 Å². The lowest BCUT2D eigenvalue weighted by molar-refractivity contribution is -0.133. The van der Waals surface area contributed by atoms with Gasteiger partial charge in [0.15, 0.2) is 0 Å². The molecule has 3 unspecified atom stereocenters. The fourth-order valence-corrected chi connectivity index (χ4v) is 5.66. The molecule has 5 rings (SSSR count). The van der Waals surface area contributed by atoms with E-state index in [4.69, 9.17) is 0 Å². The Morgan fingerprint density at radius 1 is 0.944 bits per heavy atom. The summed E-state index contributed by atoms with van der Waals surface area (Å²) in [7, 11) is 0. The van der Waals surface area contributed by atoms with Gasteiger partial charge >= 0.3 is 0 Å². The van der Waals surface area contributed by atoms with Crippen LogP contribution in [0.15, 0.2) is 41.3 Å². The lowest BCUT2D eigenvalue weighted by Crippen LogP contribution is -2.60. The number of benzene rings is 1. The van der Waals surface area contributed by atoms with Crippen LogP contribution in [0.3, 0.4) is 0 Å². The Morgan fingerprint density at radius 2 is 1.67 bits per heavy atom. The maximum atomic E-state index is 14.7. The van der Waals surface area contributed by atoms with E-state index in [1.807, 2.05) is 0 Å². The largest absolute Gasteiger partial charge is 0.335 e. The molecule has 0 radical (unpaired) electrons. The Balaban J connectivity index is 1.23. The third kappa shape index (κ3) is 4.90. The Morgan fingerprint density at radius 3 is 2.39 bits per heavy atom. The molecule has 1 saturated carbocycles. The molecule has 0 spiro atoms. The van der Waals surface area contributed by atoms with Crippen molar-refractivity contribution in [3.63, 3.8) is 0 Å². The van der Waals surface area contributed by atoms with E-state index in [-0.39, 0.29) is 53.9 Å². The number of fused-ring (bicyclic) bond motifs is 1. The first kappa shape index (κ1) is 24.2. The van der Waals surface area contributed by atoms with E-state index >= 15 is 0 Å². The highest BCUT2D eigenvalue weighted by atomic mass is 19.1. The number of halogens is 1. The van der Waals surface area contributed by atoms with Crippen LogP contribution in [0, 0.1) is 17.7 Å². The smallest absolute Gasteiger partial charge is 0.256 e. The van der Waals surface area contributed by atoms with Crippen molar-refractivity contribution in [3.8, 4) is 0 Å². The summed E-state index contributed by atoms with van der Waals surface area (Å²) in [5.41, 5.74) is 6.87. The molecule has 0 bridgehead atoms. The van der Waals surface area contributed by atoms with Gasteiger partial charge in [0.2, 0.25) is 11.5 Å². The number of hydrogen-bond acceptors (Lipinski definition) is 5. The first-order chi connectivity index (χ1) is 17.4. The number of nitrogens with one attached hydrogen (secondary N) is 3. The minimum atomic E-state index is -0.573. The van der Waals surface area contributed by atoms with Gasteiger partial charge in [-0.25, -0.2) is 9.82 Å². The molecule has 3 atom stereocenters. The van der Waals surface area contributed by atoms with E-state index < -0.39 is 11.7 Å². The van der Waals surface area contributed by atoms with Crippen LogP contribution in [0.1, 0.15) is 52.0 Å². The van der Waals surface area contributed by atoms with E-state index in [2.05, 4.69) is 15.8 Å². The number of amides is 3. The van der Waals surface area contributed by atoms with Crippen molar-refractivity contribution in [2.24, 2.45) is 11.8 Å². The van der Waals surface area contributed by atoms with Gasteiger partial charge in [0, 0.05) is 50.4 Å². The zero-order chi connectivity index (χ0) is 25.2. The third-order valence-electron chi connectivity index (χ3n) is 7.66. The van der Waals surface area contributed by atoms with Gasteiger partial charge in [0.25, 0.3) is 11.8 Å². The Hall–Kier alpha value is -3.53. The molecule has 1 aromatic heterocycles. The van der Waals surface area contributed by atoms with Crippen LogP contribution in [-0.2, 0) is 11.2 Å². The van der Waals surface area contributed by atoms with Gasteiger partial charge in [0.1, 0.15) is 5.82 Å². The zero-order valence-electron chi connectivity index (χ0n) is 20.0. The molecule has 2 saturated heterocycles. The van der Waals surface area contributed by atoms with Crippen LogP contribution in [-0.4, -0.2) is 64.7 Å². The highest BCUT2D eigenvalue weighted by Crippen LogP contribution is 2.35. The number of aromatic amines is 1. The second kappa shape index (κ2) is 10.2. The molecule has 36 heavy (non-hydrogen) atoms. The number of aromatic nitrogens is 1. The quantitative estimate of drug-likeness (QED) is 0.594. The van der Waals surface area contributed by atoms with E-state index in [0.29, 0.717) is 25.1 Å². The van der Waals surface area contributed by atoms with E-state index in [1.54, 1.807) is 21.9 Å². The lowest BCUT2D eigenvalue weighted by atomic mass is 9.72. The Bertz CT molecular complexity index is 1200. The summed E-state index contributed by atoms with van der Waals surface area (Å²) in [6.45, 7) is 1.22. The van der Waals surface area contributed by atoms with Crippen LogP contribution in [0.25, 0.3) is 0 Å². The zero-order valence-corrected chi connectivity index (χ0v) is 20.0. The molecule has 1 aromatic carbocycles. The predicted molar refractivity (Wildman–Crippen MR) is 129 cm³/mol. The third-order valence-corrected chi connectivity index (χ3v) is 7.66. The van der Waals surface area contributed by atoms with Gasteiger partial charge in [-0.15, -0.1) is 0 Å². The highest BCUT2D eigenvalue weighted by molar-refractivity contribution is 5.96. The van der Waals surface area contributed by atoms with Gasteiger partial charge in [-0.2, -0.15) is 0 Å². The van der Waals surface area contributed by atoms with Crippen molar-refractivity contribution in [1.29, 1.82) is 0 Å². The fourth-order valence-electron chi connectivity index (χ4n) is 5.66. The van der Waals surface area contributed by atoms with Crippen molar-refractivity contribution in [3.05, 3.63) is 69.4 Å². The maximum Gasteiger partial charge on any atom is 0.256 e. The van der Waals surface area contributed by atoms with Gasteiger partial charge in [-0.1, -0.05) is 18.9 Å². The first-order valence-electron chi connectivity index (χ1n) is 12.5. The average Bonchev–Trinajstić information content (AvgIpc) is 2.91. The molecule has 190 valence electrons. The maximum absolute atomic E-state index is 14.7. The first-order valence-corrected chi connectivity index (χ1v) is 12.5. The normalized spacial score (nSPS) is 24.1. The van der Waals surface area contributed by atoms with Crippen LogP contribution in [0.2, 0.25) is 0 Å². The van der Waals surface area contributed by atoms with Crippen molar-refractivity contribution < 1.29 is 18.8 Å². The number of nitrogens with zero attached hydrogens (tertiary/aromatic N) is 2. The number of piperazine rings is 1. The minimum absolute atomic E-state index is 0.00157. The number of H-pyrrole nitrogens is 1. The number of hydrogen-bond donors (Lipinski definition) is 3. The van der Waals surface area contributed by atoms with Crippen molar-refractivity contribution >= 4 is 17.7 Å². The SMILES string of the molecule is O=C1NNC(Cc2ccc(F)c(C(=O)N3CCN(C(=O)c4ccc(=O)[nH]c4)CC3)c2)C2CCCCC12. The number of carbonyl (C=O) groups excluding carboxylic acids is 3. The minimum Gasteiger partial charge on any atom is -0.335 e. The van der Waals surface area contributed by atoms with Crippen LogP contribution >= 0.6 is 0 Å². The molecule has 3 aliphatic rings. The van der Waals surface area contributed by atoms with Gasteiger partial charge in [0.05, 0.1) is 11.1 Å². The summed E-state index contributed by atoms with van der Waals surface area (Å²) >= 11 is 0. The van der Waals surface area contributed by atoms with Crippen LogP contribution in [0.4, 0.5) is 4.39 Å². The number of carbonyl (C=O) groups is 3. The average molecular weight is 496 g/mol. The fraction of sp³-hybridized carbons (Fsp3) is 0.462. The standard InChI is InChI=1S/C26H30FN5O4/c27-21-7-5-16(14-22-18-3-1-2-4-19(18)24(34)30-29-22)13-20(21)26(36)32-11-9-31(10-12-32)25(35)17-6-8-23(33)28-15-17/h5-8,13,15,18-19,22,29H,1-4,9-12,14H2,(H,28,33)(H,30,34). The Labute approximate surface area is 208 Å². The number of pyridine rings is 1. The molecule has 3 heterocycles. The molecule has 1 aliphatic carbocycles. The number of rotatable bonds is 4. The molecule has 2 aliphatic heterocycles. The van der Waals surface area contributed by atoms with Crippen LogP contribution in [0.5, 0.6) is 0 Å². The van der Waals surface area contributed by atoms with Gasteiger partial charge in [-0.3, -0.25) is 24.6 Å². The molecule has 3 fully saturated rings. The predicted octanol–water partition coefficient (Wildman–Crippen LogP) is 1.46. The summed E-state index contributed by atoms with van der Waals surface area (Å²) in [5.74, 6) is -0.919. The monoisotopic (exact) mass is 495 g/mol. The summed E-state index contributed by atoms with van der Waals surface area (Å²) in [4.78, 5) is 55.0. The Kier molecular flexibility index (Phi) is 6.86. The van der Waals surface area contributed by atoms with Crippen molar-refractivity contribution in [2.75, 3.05) is 26.2 Å². The molecular weight excluding hydrogens is 465 g/mol. The summed E-state index contributed by atoms with van der Waals surface area (Å²) in [6, 6.07) is 7.45. The topological polar surface area (TPSA) is 115 Å². The second-order valence-electron chi connectivity index (χ2n) is 9.84. The molecule has 3 N–H and O–H groups in total. The summed E-state index contributed by atoms with van der Waals surface area (Å²) in [5, 5.41) is 0. The highest BCUT2D eigenvalue weighted by Gasteiger charge is 2.40. The number of hydrazine groups is 1. The van der Waals surface area contributed by atoms with E-state index in [0.717, 1.165) is 31.2 Å². The van der Waals surface area contributed by atoms with Gasteiger partial charge < -0.3 is 14.8 Å². The molecule has 10 heteroatoms. The molecular formula is C26H30FN5O4. The van der Waals surface area contributed by atoms with E-state index in [1.165, 1.54) is 24.4 Å². The van der Waals surface area contributed by atoms with Crippen molar-refractivity contribution in [1.82, 2.24) is 25.6 Å². The van der Waals surface area contributed by atoms with Crippen LogP contribution < -0.4 is 16.4 Å². The van der Waals surface area contributed by atoms with Gasteiger partial charge in [-0.05, 0) is 48.9 Å². The molecule has 2 aromatic rings. The van der Waals surface area contributed by atoms with Crippen molar-refractivity contribution in [2.45, 2.75) is 38.1 Å². The summed E-state index contributed by atoms with van der Waals surface area (Å²) < 4.78 is 14.7. The molecule has 3 amide bonds. The molecule has 9 nitrogen and oxygen atoms in total. The lowest BCUT2D eigenvalue weighted by Gasteiger charge is -2.41. The second-order valence-corrected chi connectivity index (χ2v) is 9.84. The summed E-state index contributed by atoms with van der Waals surface area (Å²) in [6.07, 6.45) is 5.98.